The zero-order valence-corrected chi connectivity index (χ0v) is 12.6. The molecule has 0 aliphatic rings. The van der Waals surface area contributed by atoms with Crippen LogP contribution in [-0.4, -0.2) is 37.6 Å². The third-order valence-corrected chi connectivity index (χ3v) is 2.34. The van der Waals surface area contributed by atoms with Gasteiger partial charge in [0.25, 0.3) is 0 Å². The second kappa shape index (κ2) is 8.75. The van der Waals surface area contributed by atoms with Gasteiger partial charge in [0.15, 0.2) is 23.2 Å². The standard InChI is InChI=1S/C13H17N3O4S/c1-3-19-11(17)8-20-12-9(7-15-16-13(14)21)5-4-6-10(12)18-2/h4-7H,3,8H2,1-2H3,(H3,14,16,21). The minimum absolute atomic E-state index is 0.0446. The maximum absolute atomic E-state index is 11.4. The number of para-hydroxylation sites is 1. The molecule has 0 amide bonds. The molecular weight excluding hydrogens is 294 g/mol. The van der Waals surface area contributed by atoms with Gasteiger partial charge in [-0.15, -0.1) is 0 Å². The molecule has 0 saturated carbocycles. The molecule has 0 radical (unpaired) electrons. The number of carbonyl (C=O) groups excluding carboxylic acids is 1. The third-order valence-electron chi connectivity index (χ3n) is 2.25. The first-order valence-electron chi connectivity index (χ1n) is 6.12. The molecule has 8 heteroatoms. The van der Waals surface area contributed by atoms with Gasteiger partial charge in [-0.1, -0.05) is 6.07 Å². The number of rotatable bonds is 7. The van der Waals surface area contributed by atoms with E-state index < -0.39 is 5.97 Å². The van der Waals surface area contributed by atoms with Crippen LogP contribution >= 0.6 is 12.2 Å². The van der Waals surface area contributed by atoms with Crippen molar-refractivity contribution in [1.29, 1.82) is 0 Å². The minimum atomic E-state index is -0.465. The maximum atomic E-state index is 11.4. The van der Waals surface area contributed by atoms with Crippen molar-refractivity contribution in [1.82, 2.24) is 5.43 Å². The van der Waals surface area contributed by atoms with E-state index in [1.54, 1.807) is 25.1 Å². The van der Waals surface area contributed by atoms with Crippen molar-refractivity contribution >= 4 is 29.5 Å². The Morgan fingerprint density at radius 3 is 2.90 bits per heavy atom. The lowest BCUT2D eigenvalue weighted by Gasteiger charge is -2.12. The summed E-state index contributed by atoms with van der Waals surface area (Å²) in [7, 11) is 1.50. The Morgan fingerprint density at radius 2 is 2.29 bits per heavy atom. The number of nitrogens with two attached hydrogens (primary N) is 1. The number of ether oxygens (including phenoxy) is 3. The van der Waals surface area contributed by atoms with Crippen LogP contribution in [0.5, 0.6) is 11.5 Å². The first kappa shape index (κ1) is 16.7. The summed E-state index contributed by atoms with van der Waals surface area (Å²) in [5.41, 5.74) is 8.31. The number of hydrogen-bond donors (Lipinski definition) is 2. The van der Waals surface area contributed by atoms with E-state index in [1.807, 2.05) is 0 Å². The minimum Gasteiger partial charge on any atom is -0.493 e. The number of hydrazone groups is 1. The number of carbonyl (C=O) groups is 1. The molecule has 0 bridgehead atoms. The highest BCUT2D eigenvalue weighted by molar-refractivity contribution is 7.80. The van der Waals surface area contributed by atoms with Crippen LogP contribution in [0.4, 0.5) is 0 Å². The molecule has 3 N–H and O–H groups in total. The fourth-order valence-corrected chi connectivity index (χ4v) is 1.50. The molecule has 0 saturated heterocycles. The lowest BCUT2D eigenvalue weighted by Crippen LogP contribution is -2.24. The molecule has 0 aromatic heterocycles. The number of hydrogen-bond acceptors (Lipinski definition) is 6. The summed E-state index contributed by atoms with van der Waals surface area (Å²) in [5.74, 6) is 0.382. The molecule has 0 atom stereocenters. The van der Waals surface area contributed by atoms with E-state index in [-0.39, 0.29) is 11.7 Å². The second-order valence-electron chi connectivity index (χ2n) is 3.71. The Kier molecular flexibility index (Phi) is 6.96. The van der Waals surface area contributed by atoms with E-state index in [1.165, 1.54) is 13.3 Å². The molecule has 1 aromatic rings. The van der Waals surface area contributed by atoms with Crippen molar-refractivity contribution in [3.05, 3.63) is 23.8 Å². The lowest BCUT2D eigenvalue weighted by atomic mass is 10.2. The van der Waals surface area contributed by atoms with Crippen LogP contribution in [0.3, 0.4) is 0 Å². The first-order chi connectivity index (χ1) is 10.1. The summed E-state index contributed by atoms with van der Waals surface area (Å²) in [6, 6.07) is 5.21. The van der Waals surface area contributed by atoms with E-state index in [4.69, 9.17) is 19.9 Å². The van der Waals surface area contributed by atoms with Crippen LogP contribution in [0.15, 0.2) is 23.3 Å². The molecule has 0 fully saturated rings. The molecular formula is C13H17N3O4S. The van der Waals surface area contributed by atoms with Gasteiger partial charge in [0, 0.05) is 5.56 Å². The fourth-order valence-electron chi connectivity index (χ4n) is 1.45. The SMILES string of the molecule is CCOC(=O)COc1c(C=NNC(N)=S)cccc1OC. The monoisotopic (exact) mass is 311 g/mol. The van der Waals surface area contributed by atoms with Gasteiger partial charge in [-0.2, -0.15) is 5.10 Å². The van der Waals surface area contributed by atoms with Gasteiger partial charge >= 0.3 is 5.97 Å². The number of benzene rings is 1. The fraction of sp³-hybridized carbons (Fsp3) is 0.308. The molecule has 0 aliphatic carbocycles. The summed E-state index contributed by atoms with van der Waals surface area (Å²) in [6.07, 6.45) is 1.46. The predicted octanol–water partition coefficient (Wildman–Crippen LogP) is 0.804. The number of thiocarbonyl (C=S) groups is 1. The van der Waals surface area contributed by atoms with Gasteiger partial charge in [0.1, 0.15) is 0 Å². The number of nitrogens with zero attached hydrogens (tertiary/aromatic N) is 1. The van der Waals surface area contributed by atoms with Crippen molar-refractivity contribution in [2.45, 2.75) is 6.92 Å². The van der Waals surface area contributed by atoms with Crippen LogP contribution in [-0.2, 0) is 9.53 Å². The van der Waals surface area contributed by atoms with Gasteiger partial charge < -0.3 is 19.9 Å². The molecule has 0 unspecified atom stereocenters. The molecule has 114 valence electrons. The van der Waals surface area contributed by atoms with E-state index in [2.05, 4.69) is 22.7 Å². The van der Waals surface area contributed by atoms with E-state index in [9.17, 15) is 4.79 Å². The van der Waals surface area contributed by atoms with Gasteiger partial charge in [-0.25, -0.2) is 4.79 Å². The Labute approximate surface area is 128 Å². The summed E-state index contributed by atoms with van der Waals surface area (Å²) < 4.78 is 15.4. The van der Waals surface area contributed by atoms with Crippen molar-refractivity contribution in [2.24, 2.45) is 10.8 Å². The maximum Gasteiger partial charge on any atom is 0.344 e. The largest absolute Gasteiger partial charge is 0.493 e. The molecule has 1 aromatic carbocycles. The smallest absolute Gasteiger partial charge is 0.344 e. The van der Waals surface area contributed by atoms with Gasteiger partial charge in [-0.3, -0.25) is 5.43 Å². The van der Waals surface area contributed by atoms with Crippen molar-refractivity contribution in [2.75, 3.05) is 20.3 Å². The number of nitrogens with one attached hydrogen (secondary N) is 1. The Balaban J connectivity index is 2.89. The van der Waals surface area contributed by atoms with Crippen LogP contribution in [0.1, 0.15) is 12.5 Å². The van der Waals surface area contributed by atoms with Gasteiger partial charge in [-0.05, 0) is 31.3 Å². The zero-order chi connectivity index (χ0) is 15.7. The molecule has 0 aliphatic heterocycles. The van der Waals surface area contributed by atoms with Crippen molar-refractivity contribution in [3.63, 3.8) is 0 Å². The predicted molar refractivity (Wildman–Crippen MR) is 82.6 cm³/mol. The van der Waals surface area contributed by atoms with E-state index in [0.29, 0.717) is 23.7 Å². The molecule has 1 rings (SSSR count). The van der Waals surface area contributed by atoms with E-state index >= 15 is 0 Å². The quantitative estimate of drug-likeness (QED) is 0.333. The zero-order valence-electron chi connectivity index (χ0n) is 11.8. The molecule has 21 heavy (non-hydrogen) atoms. The summed E-state index contributed by atoms with van der Waals surface area (Å²) >= 11 is 4.64. The van der Waals surface area contributed by atoms with Crippen LogP contribution in [0.2, 0.25) is 0 Å². The van der Waals surface area contributed by atoms with Gasteiger partial charge in [0.05, 0.1) is 19.9 Å². The average Bonchev–Trinajstić information content (AvgIpc) is 2.45. The average molecular weight is 311 g/mol. The van der Waals surface area contributed by atoms with Crippen LogP contribution in [0.25, 0.3) is 0 Å². The number of esters is 1. The molecule has 0 spiro atoms. The van der Waals surface area contributed by atoms with Crippen molar-refractivity contribution in [3.8, 4) is 11.5 Å². The highest BCUT2D eigenvalue weighted by Gasteiger charge is 2.12. The normalized spacial score (nSPS) is 10.2. The number of methoxy groups -OCH3 is 1. The summed E-state index contributed by atoms with van der Waals surface area (Å²) in [6.45, 7) is 1.79. The van der Waals surface area contributed by atoms with Gasteiger partial charge in [0.2, 0.25) is 0 Å². The lowest BCUT2D eigenvalue weighted by molar-refractivity contribution is -0.145. The highest BCUT2D eigenvalue weighted by Crippen LogP contribution is 2.30. The van der Waals surface area contributed by atoms with Crippen LogP contribution < -0.4 is 20.6 Å². The third kappa shape index (κ3) is 5.65. The topological polar surface area (TPSA) is 95.2 Å². The Hall–Kier alpha value is -2.35. The Morgan fingerprint density at radius 1 is 1.52 bits per heavy atom. The highest BCUT2D eigenvalue weighted by atomic mass is 32.1. The van der Waals surface area contributed by atoms with Crippen LogP contribution in [0, 0.1) is 0 Å². The van der Waals surface area contributed by atoms with E-state index in [0.717, 1.165) is 0 Å². The van der Waals surface area contributed by atoms with Crippen molar-refractivity contribution < 1.29 is 19.0 Å². The summed E-state index contributed by atoms with van der Waals surface area (Å²) in [5, 5.41) is 3.89. The Bertz CT molecular complexity index is 534. The molecule has 0 heterocycles. The first-order valence-corrected chi connectivity index (χ1v) is 6.53. The molecule has 7 nitrogen and oxygen atoms in total. The second-order valence-corrected chi connectivity index (χ2v) is 4.15. The summed E-state index contributed by atoms with van der Waals surface area (Å²) in [4.78, 5) is 11.4.